The van der Waals surface area contributed by atoms with E-state index in [1.165, 1.54) is 4.90 Å². The molecule has 2 amide bonds. The average Bonchev–Trinajstić information content (AvgIpc) is 2.34. The molecular formula is C12H22F3N3O2. The molecule has 0 aromatic carbocycles. The lowest BCUT2D eigenvalue weighted by Gasteiger charge is -2.22. The summed E-state index contributed by atoms with van der Waals surface area (Å²) in [5.74, 6) is -0.813. The highest BCUT2D eigenvalue weighted by Crippen LogP contribution is 2.11. The van der Waals surface area contributed by atoms with Crippen molar-refractivity contribution in [3.8, 4) is 0 Å². The molecule has 0 heterocycles. The fourth-order valence-electron chi connectivity index (χ4n) is 1.48. The first-order chi connectivity index (χ1) is 9.30. The molecule has 5 nitrogen and oxygen atoms in total. The minimum absolute atomic E-state index is 0.125. The summed E-state index contributed by atoms with van der Waals surface area (Å²) in [5.41, 5.74) is 0. The van der Waals surface area contributed by atoms with E-state index in [-0.39, 0.29) is 12.5 Å². The van der Waals surface area contributed by atoms with E-state index in [4.69, 9.17) is 0 Å². The zero-order valence-electron chi connectivity index (χ0n) is 11.8. The van der Waals surface area contributed by atoms with Crippen LogP contribution in [-0.2, 0) is 9.59 Å². The van der Waals surface area contributed by atoms with Crippen LogP contribution in [0.3, 0.4) is 0 Å². The van der Waals surface area contributed by atoms with E-state index >= 15 is 0 Å². The van der Waals surface area contributed by atoms with Gasteiger partial charge in [0.1, 0.15) is 0 Å². The molecule has 20 heavy (non-hydrogen) atoms. The quantitative estimate of drug-likeness (QED) is 0.665. The largest absolute Gasteiger partial charge is 0.401 e. The zero-order chi connectivity index (χ0) is 15.6. The Bertz CT molecular complexity index is 309. The maximum atomic E-state index is 12.0. The lowest BCUT2D eigenvalue weighted by Crippen LogP contribution is -2.45. The molecule has 0 fully saturated rings. The van der Waals surface area contributed by atoms with Crippen molar-refractivity contribution in [2.24, 2.45) is 0 Å². The number of hydrogen-bond donors (Lipinski definition) is 2. The third-order valence-corrected chi connectivity index (χ3v) is 2.35. The molecule has 8 heteroatoms. The molecule has 0 atom stereocenters. The highest BCUT2D eigenvalue weighted by atomic mass is 19.4. The van der Waals surface area contributed by atoms with Crippen molar-refractivity contribution in [1.82, 2.24) is 15.5 Å². The number of hydrogen-bond acceptors (Lipinski definition) is 3. The third-order valence-electron chi connectivity index (χ3n) is 2.35. The number of alkyl halides is 3. The van der Waals surface area contributed by atoms with Gasteiger partial charge in [-0.1, -0.05) is 13.8 Å². The van der Waals surface area contributed by atoms with Gasteiger partial charge in [-0.2, -0.15) is 13.2 Å². The first kappa shape index (κ1) is 18.7. The average molecular weight is 297 g/mol. The Labute approximate surface area is 116 Å². The molecular weight excluding hydrogens is 275 g/mol. The van der Waals surface area contributed by atoms with Crippen molar-refractivity contribution in [3.63, 3.8) is 0 Å². The van der Waals surface area contributed by atoms with Crippen LogP contribution in [-0.4, -0.2) is 55.6 Å². The Morgan fingerprint density at radius 1 is 1.15 bits per heavy atom. The molecule has 118 valence electrons. The summed E-state index contributed by atoms with van der Waals surface area (Å²) in [4.78, 5) is 24.5. The predicted molar refractivity (Wildman–Crippen MR) is 69.1 cm³/mol. The summed E-state index contributed by atoms with van der Waals surface area (Å²) in [7, 11) is 0. The van der Waals surface area contributed by atoms with Crippen molar-refractivity contribution < 1.29 is 22.8 Å². The Kier molecular flexibility index (Phi) is 8.94. The highest BCUT2D eigenvalue weighted by molar-refractivity contribution is 5.85. The highest BCUT2D eigenvalue weighted by Gasteiger charge is 2.27. The second-order valence-electron chi connectivity index (χ2n) is 4.38. The van der Waals surface area contributed by atoms with E-state index in [0.29, 0.717) is 19.5 Å². The van der Waals surface area contributed by atoms with Gasteiger partial charge in [-0.3, -0.25) is 9.59 Å². The monoisotopic (exact) mass is 297 g/mol. The molecule has 0 aliphatic carbocycles. The van der Waals surface area contributed by atoms with E-state index in [0.717, 1.165) is 6.42 Å². The Hall–Kier alpha value is -1.31. The minimum Gasteiger partial charge on any atom is -0.355 e. The van der Waals surface area contributed by atoms with Gasteiger partial charge in [-0.25, -0.2) is 0 Å². The second-order valence-corrected chi connectivity index (χ2v) is 4.38. The topological polar surface area (TPSA) is 61.4 Å². The van der Waals surface area contributed by atoms with E-state index in [9.17, 15) is 22.8 Å². The van der Waals surface area contributed by atoms with E-state index < -0.39 is 25.2 Å². The lowest BCUT2D eigenvalue weighted by molar-refractivity contribution is -0.138. The predicted octanol–water partition coefficient (Wildman–Crippen LogP) is 0.903. The maximum Gasteiger partial charge on any atom is 0.401 e. The molecule has 0 saturated carbocycles. The molecule has 0 spiro atoms. The van der Waals surface area contributed by atoms with Gasteiger partial charge in [-0.05, 0) is 12.8 Å². The number of carbonyl (C=O) groups excluding carboxylic acids is 2. The van der Waals surface area contributed by atoms with Crippen molar-refractivity contribution in [2.45, 2.75) is 32.9 Å². The normalized spacial score (nSPS) is 11.2. The summed E-state index contributed by atoms with van der Waals surface area (Å²) >= 11 is 0. The van der Waals surface area contributed by atoms with Crippen molar-refractivity contribution in [3.05, 3.63) is 0 Å². The summed E-state index contributed by atoms with van der Waals surface area (Å²) < 4.78 is 35.9. The van der Waals surface area contributed by atoms with Crippen LogP contribution in [0, 0.1) is 0 Å². The van der Waals surface area contributed by atoms with Crippen molar-refractivity contribution >= 4 is 11.8 Å². The number of carbonyl (C=O) groups is 2. The van der Waals surface area contributed by atoms with Gasteiger partial charge in [0, 0.05) is 13.1 Å². The summed E-state index contributed by atoms with van der Waals surface area (Å²) in [6.07, 6.45) is -2.94. The number of amides is 2. The fourth-order valence-corrected chi connectivity index (χ4v) is 1.48. The summed E-state index contributed by atoms with van der Waals surface area (Å²) in [5, 5.41) is 4.66. The van der Waals surface area contributed by atoms with Crippen LogP contribution in [0.15, 0.2) is 0 Å². The molecule has 0 aliphatic heterocycles. The Morgan fingerprint density at radius 2 is 1.80 bits per heavy atom. The van der Waals surface area contributed by atoms with Gasteiger partial charge in [-0.15, -0.1) is 0 Å². The first-order valence-electron chi connectivity index (χ1n) is 6.62. The van der Waals surface area contributed by atoms with Crippen LogP contribution in [0.1, 0.15) is 26.7 Å². The van der Waals surface area contributed by atoms with Crippen LogP contribution >= 0.6 is 0 Å². The zero-order valence-corrected chi connectivity index (χ0v) is 11.8. The molecule has 0 aromatic heterocycles. The van der Waals surface area contributed by atoms with E-state index in [2.05, 4.69) is 5.32 Å². The number of nitrogens with one attached hydrogen (secondary N) is 2. The fraction of sp³-hybridized carbons (Fsp3) is 0.833. The van der Waals surface area contributed by atoms with Gasteiger partial charge in [0.15, 0.2) is 0 Å². The second kappa shape index (κ2) is 9.57. The number of halogens is 3. The standard InChI is InChI=1S/C12H22F3N3O2/c1-3-5-17-10(19)8-18(6-4-2)11(20)7-16-9-12(13,14)15/h16H,3-9H2,1-2H3,(H,17,19). The van der Waals surface area contributed by atoms with Crippen LogP contribution < -0.4 is 10.6 Å². The first-order valence-corrected chi connectivity index (χ1v) is 6.62. The van der Waals surface area contributed by atoms with E-state index in [1.54, 1.807) is 0 Å². The van der Waals surface area contributed by atoms with E-state index in [1.807, 2.05) is 19.2 Å². The number of nitrogens with zero attached hydrogens (tertiary/aromatic N) is 1. The summed E-state index contributed by atoms with van der Waals surface area (Å²) in [6, 6.07) is 0. The molecule has 0 bridgehead atoms. The Balaban J connectivity index is 4.21. The molecule has 2 N–H and O–H groups in total. The third kappa shape index (κ3) is 9.60. The minimum atomic E-state index is -4.35. The van der Waals surface area contributed by atoms with Gasteiger partial charge in [0.25, 0.3) is 0 Å². The van der Waals surface area contributed by atoms with Crippen LogP contribution in [0.4, 0.5) is 13.2 Å². The summed E-state index contributed by atoms with van der Waals surface area (Å²) in [6.45, 7) is 2.80. The molecule has 0 radical (unpaired) electrons. The molecule has 0 saturated heterocycles. The smallest absolute Gasteiger partial charge is 0.355 e. The van der Waals surface area contributed by atoms with Gasteiger partial charge in [0.05, 0.1) is 19.6 Å². The van der Waals surface area contributed by atoms with Crippen LogP contribution in [0.5, 0.6) is 0 Å². The van der Waals surface area contributed by atoms with Crippen molar-refractivity contribution in [2.75, 3.05) is 32.7 Å². The Morgan fingerprint density at radius 3 is 2.30 bits per heavy atom. The van der Waals surface area contributed by atoms with Crippen LogP contribution in [0.2, 0.25) is 0 Å². The van der Waals surface area contributed by atoms with Gasteiger partial charge < -0.3 is 15.5 Å². The SMILES string of the molecule is CCCNC(=O)CN(CCC)C(=O)CNCC(F)(F)F. The van der Waals surface area contributed by atoms with Crippen LogP contribution in [0.25, 0.3) is 0 Å². The molecule has 0 aromatic rings. The van der Waals surface area contributed by atoms with Gasteiger partial charge >= 0.3 is 6.18 Å². The molecule has 0 rings (SSSR count). The molecule has 0 aliphatic rings. The lowest BCUT2D eigenvalue weighted by atomic mass is 10.3. The maximum absolute atomic E-state index is 12.0. The molecule has 0 unspecified atom stereocenters. The number of rotatable bonds is 9. The van der Waals surface area contributed by atoms with Crippen molar-refractivity contribution in [1.29, 1.82) is 0 Å². The van der Waals surface area contributed by atoms with Gasteiger partial charge in [0.2, 0.25) is 11.8 Å².